The Labute approximate surface area is 149 Å². The number of nitro benzene ring substituents is 1. The zero-order chi connectivity index (χ0) is 20.3. The molecule has 0 heterocycles. The molecule has 0 aliphatic carbocycles. The Morgan fingerprint density at radius 1 is 1.27 bits per heavy atom. The van der Waals surface area contributed by atoms with Gasteiger partial charge in [0.2, 0.25) is 5.91 Å². The van der Waals surface area contributed by atoms with E-state index in [1.807, 2.05) is 0 Å². The van der Waals surface area contributed by atoms with Crippen molar-refractivity contribution in [1.29, 1.82) is 0 Å². The molecule has 0 aliphatic rings. The van der Waals surface area contributed by atoms with Gasteiger partial charge in [0.1, 0.15) is 10.6 Å². The summed E-state index contributed by atoms with van der Waals surface area (Å²) in [6.45, 7) is 3.97. The van der Waals surface area contributed by atoms with Gasteiger partial charge < -0.3 is 4.90 Å². The van der Waals surface area contributed by atoms with Gasteiger partial charge in [-0.1, -0.05) is 0 Å². The van der Waals surface area contributed by atoms with Crippen molar-refractivity contribution in [3.05, 3.63) is 28.3 Å². The van der Waals surface area contributed by atoms with Crippen LogP contribution in [0.5, 0.6) is 0 Å². The van der Waals surface area contributed by atoms with Crippen LogP contribution in [0.1, 0.15) is 13.8 Å². The van der Waals surface area contributed by atoms with E-state index in [-0.39, 0.29) is 6.07 Å². The van der Waals surface area contributed by atoms with E-state index >= 15 is 0 Å². The van der Waals surface area contributed by atoms with Crippen molar-refractivity contribution in [3.63, 3.8) is 0 Å². The molecule has 0 saturated carbocycles. The molecule has 26 heavy (non-hydrogen) atoms. The van der Waals surface area contributed by atoms with E-state index in [1.165, 1.54) is 4.90 Å². The fourth-order valence-electron chi connectivity index (χ4n) is 1.99. The molecule has 0 aliphatic heterocycles. The average molecular weight is 416 g/mol. The van der Waals surface area contributed by atoms with Crippen LogP contribution in [0.2, 0.25) is 0 Å². The van der Waals surface area contributed by atoms with Gasteiger partial charge in [0, 0.05) is 19.2 Å². The average Bonchev–Trinajstić information content (AvgIpc) is 2.54. The molecule has 0 fully saturated rings. The van der Waals surface area contributed by atoms with E-state index in [4.69, 9.17) is 0 Å². The van der Waals surface area contributed by atoms with Crippen molar-refractivity contribution in [1.82, 2.24) is 4.90 Å². The molecule has 0 aromatic heterocycles. The molecule has 1 atom stereocenters. The molecule has 0 N–H and O–H groups in total. The van der Waals surface area contributed by atoms with Gasteiger partial charge in [-0.15, -0.1) is 0 Å². The molecule has 8 nitrogen and oxygen atoms in total. The predicted octanol–water partition coefficient (Wildman–Crippen LogP) is 1.86. The Kier molecular flexibility index (Phi) is 6.88. The summed E-state index contributed by atoms with van der Waals surface area (Å²) in [6, 6.07) is 1.32. The molecule has 13 heteroatoms. The lowest BCUT2D eigenvalue weighted by Gasteiger charge is -2.18. The molecule has 1 amide bonds. The van der Waals surface area contributed by atoms with Crippen LogP contribution in [0.3, 0.4) is 0 Å². The topological polar surface area (TPSA) is 115 Å². The van der Waals surface area contributed by atoms with Crippen molar-refractivity contribution in [2.45, 2.75) is 29.1 Å². The highest BCUT2D eigenvalue weighted by atomic mass is 32.2. The zero-order valence-electron chi connectivity index (χ0n) is 13.6. The normalized spacial score (nSPS) is 13.3. The van der Waals surface area contributed by atoms with Crippen LogP contribution in [-0.4, -0.2) is 52.7 Å². The molecule has 0 bridgehead atoms. The lowest BCUT2D eigenvalue weighted by Crippen LogP contribution is -2.34. The fraction of sp³-hybridized carbons (Fsp3) is 0.462. The minimum Gasteiger partial charge on any atom is -0.342 e. The highest BCUT2D eigenvalue weighted by Crippen LogP contribution is 2.34. The van der Waals surface area contributed by atoms with E-state index in [2.05, 4.69) is 0 Å². The smallest absolute Gasteiger partial charge is 0.342 e. The number of hydrogen-bond donors (Lipinski definition) is 0. The molecule has 0 radical (unpaired) electrons. The standard InChI is InChI=1S/C13H15F3N2O6S2/c1-3-17(4-2)12(19)8-25(22)11-6-5-9(7-10(11)18(20)21)26(23,24)13(14,15)16/h5-7H,3-4,8H2,1-2H3. The molecular formula is C13H15F3N2O6S2. The van der Waals surface area contributed by atoms with Gasteiger partial charge in [-0.2, -0.15) is 13.2 Å². The molecule has 0 spiro atoms. The number of alkyl halides is 3. The third-order valence-electron chi connectivity index (χ3n) is 3.36. The summed E-state index contributed by atoms with van der Waals surface area (Å²) in [5.74, 6) is -1.18. The molecule has 1 rings (SSSR count). The van der Waals surface area contributed by atoms with Gasteiger partial charge in [-0.05, 0) is 26.0 Å². The first-order valence-electron chi connectivity index (χ1n) is 7.12. The van der Waals surface area contributed by atoms with E-state index in [1.54, 1.807) is 13.8 Å². The maximum Gasteiger partial charge on any atom is 0.501 e. The van der Waals surface area contributed by atoms with E-state index in [9.17, 15) is 40.7 Å². The van der Waals surface area contributed by atoms with Crippen LogP contribution >= 0.6 is 0 Å². The first-order valence-corrected chi connectivity index (χ1v) is 9.92. The third-order valence-corrected chi connectivity index (χ3v) is 6.19. The number of carbonyl (C=O) groups is 1. The van der Waals surface area contributed by atoms with Gasteiger partial charge in [-0.25, -0.2) is 8.42 Å². The fourth-order valence-corrected chi connectivity index (χ4v) is 3.92. The number of rotatable bonds is 7. The molecule has 1 unspecified atom stereocenters. The van der Waals surface area contributed by atoms with E-state index in [0.717, 1.165) is 0 Å². The van der Waals surface area contributed by atoms with Crippen LogP contribution < -0.4 is 0 Å². The van der Waals surface area contributed by atoms with E-state index in [0.29, 0.717) is 25.2 Å². The van der Waals surface area contributed by atoms with Crippen LogP contribution in [0.4, 0.5) is 18.9 Å². The second-order valence-electron chi connectivity index (χ2n) is 4.89. The van der Waals surface area contributed by atoms with Gasteiger partial charge in [-0.3, -0.25) is 19.1 Å². The summed E-state index contributed by atoms with van der Waals surface area (Å²) in [5, 5.41) is 11.1. The number of carbonyl (C=O) groups excluding carboxylic acids is 1. The predicted molar refractivity (Wildman–Crippen MR) is 85.5 cm³/mol. The third kappa shape index (κ3) is 4.58. The highest BCUT2D eigenvalue weighted by Gasteiger charge is 2.47. The lowest BCUT2D eigenvalue weighted by atomic mass is 10.3. The summed E-state index contributed by atoms with van der Waals surface area (Å²) < 4.78 is 72.7. The summed E-state index contributed by atoms with van der Waals surface area (Å²) in [5.41, 5.74) is -6.71. The maximum absolute atomic E-state index is 12.6. The first kappa shape index (κ1) is 22.0. The number of nitro groups is 1. The minimum atomic E-state index is -5.80. The quantitative estimate of drug-likeness (QED) is 0.495. The van der Waals surface area contributed by atoms with Gasteiger partial charge in [0.05, 0.1) is 20.6 Å². The molecule has 1 aromatic carbocycles. The van der Waals surface area contributed by atoms with Crippen LogP contribution in [0.25, 0.3) is 0 Å². The number of halogens is 3. The molecular weight excluding hydrogens is 401 g/mol. The minimum absolute atomic E-state index is 0.192. The highest BCUT2D eigenvalue weighted by molar-refractivity contribution is 7.92. The Balaban J connectivity index is 3.32. The van der Waals surface area contributed by atoms with Crippen LogP contribution in [0, 0.1) is 10.1 Å². The van der Waals surface area contributed by atoms with Gasteiger partial charge in [0.25, 0.3) is 15.5 Å². The Bertz CT molecular complexity index is 835. The monoisotopic (exact) mass is 416 g/mol. The summed E-state index contributed by atoms with van der Waals surface area (Å²) in [4.78, 5) is 21.3. The molecule has 0 saturated heterocycles. The summed E-state index contributed by atoms with van der Waals surface area (Å²) >= 11 is 0. The largest absolute Gasteiger partial charge is 0.501 e. The van der Waals surface area contributed by atoms with Crippen molar-refractivity contribution in [2.24, 2.45) is 0 Å². The number of nitrogens with zero attached hydrogens (tertiary/aromatic N) is 2. The van der Waals surface area contributed by atoms with Gasteiger partial charge in [0.15, 0.2) is 0 Å². The van der Waals surface area contributed by atoms with Crippen molar-refractivity contribution >= 4 is 32.2 Å². The van der Waals surface area contributed by atoms with Crippen LogP contribution in [-0.2, 0) is 25.4 Å². The second kappa shape index (κ2) is 8.12. The van der Waals surface area contributed by atoms with Crippen molar-refractivity contribution in [3.8, 4) is 0 Å². The number of benzene rings is 1. The first-order chi connectivity index (χ1) is 11.9. The summed E-state index contributed by atoms with van der Waals surface area (Å²) in [7, 11) is -8.03. The number of sulfone groups is 1. The molecule has 146 valence electrons. The van der Waals surface area contributed by atoms with Crippen molar-refractivity contribution in [2.75, 3.05) is 18.8 Å². The Morgan fingerprint density at radius 3 is 2.23 bits per heavy atom. The SMILES string of the molecule is CCN(CC)C(=O)CS(=O)c1ccc(S(=O)(=O)C(F)(F)F)cc1[N+](=O)[O-]. The Hall–Kier alpha value is -2.02. The second-order valence-corrected chi connectivity index (χ2v) is 8.25. The maximum atomic E-state index is 12.6. The summed E-state index contributed by atoms with van der Waals surface area (Å²) in [6.07, 6.45) is 0. The zero-order valence-corrected chi connectivity index (χ0v) is 15.3. The number of amides is 1. The molecule has 1 aromatic rings. The van der Waals surface area contributed by atoms with Crippen molar-refractivity contribution < 1.29 is 35.5 Å². The van der Waals surface area contributed by atoms with Gasteiger partial charge >= 0.3 is 5.51 Å². The Morgan fingerprint density at radius 2 is 1.81 bits per heavy atom. The number of hydrogen-bond acceptors (Lipinski definition) is 6. The van der Waals surface area contributed by atoms with Crippen LogP contribution in [0.15, 0.2) is 28.0 Å². The van der Waals surface area contributed by atoms with E-state index < -0.39 is 58.2 Å². The lowest BCUT2D eigenvalue weighted by molar-refractivity contribution is -0.388.